The van der Waals surface area contributed by atoms with Crippen molar-refractivity contribution >= 4 is 29.3 Å². The zero-order chi connectivity index (χ0) is 18.9. The summed E-state index contributed by atoms with van der Waals surface area (Å²) in [4.78, 5) is 12.5. The quantitative estimate of drug-likeness (QED) is 0.662. The van der Waals surface area contributed by atoms with Crippen molar-refractivity contribution in [3.05, 3.63) is 42.0 Å². The maximum absolute atomic E-state index is 12.5. The van der Waals surface area contributed by atoms with Crippen LogP contribution in [0, 0.1) is 0 Å². The number of amides is 1. The van der Waals surface area contributed by atoms with Crippen LogP contribution in [0.2, 0.25) is 0 Å². The van der Waals surface area contributed by atoms with Gasteiger partial charge in [0.05, 0.1) is 17.8 Å². The number of carbonyl (C=O) groups excluding carboxylic acids is 1. The van der Waals surface area contributed by atoms with Gasteiger partial charge in [-0.1, -0.05) is 30.3 Å². The third-order valence-electron chi connectivity index (χ3n) is 5.30. The number of rotatable bonds is 5. The highest BCUT2D eigenvalue weighted by atomic mass is 16.7. The second kappa shape index (κ2) is 7.03. The second-order valence-electron chi connectivity index (χ2n) is 7.58. The van der Waals surface area contributed by atoms with Crippen LogP contribution in [-0.4, -0.2) is 44.5 Å². The summed E-state index contributed by atoms with van der Waals surface area (Å²) in [6.45, 7) is 9.09. The third-order valence-corrected chi connectivity index (χ3v) is 5.30. The molecule has 1 amide bonds. The number of methoxy groups -OCH3 is 1. The monoisotopic (exact) mass is 355 g/mol. The average molecular weight is 355 g/mol. The minimum absolute atomic E-state index is 0.112. The lowest BCUT2D eigenvalue weighted by atomic mass is 9.75. The number of hydrogen-bond acceptors (Lipinski definition) is 4. The summed E-state index contributed by atoms with van der Waals surface area (Å²) in [7, 11) is 1.15. The first-order chi connectivity index (χ1) is 12.3. The number of hydrogen-bond donors (Lipinski definition) is 1. The van der Waals surface area contributed by atoms with Crippen molar-refractivity contribution in [1.82, 2.24) is 5.32 Å². The van der Waals surface area contributed by atoms with Gasteiger partial charge in [0.2, 0.25) is 0 Å². The van der Waals surface area contributed by atoms with E-state index in [2.05, 4.69) is 5.32 Å². The van der Waals surface area contributed by atoms with Crippen LogP contribution in [-0.2, 0) is 14.0 Å². The summed E-state index contributed by atoms with van der Waals surface area (Å²) in [6.07, 6.45) is 0. The molecule has 1 aliphatic heterocycles. The molecule has 138 valence electrons. The van der Waals surface area contributed by atoms with Gasteiger partial charge in [-0.15, -0.1) is 0 Å². The highest BCUT2D eigenvalue weighted by Crippen LogP contribution is 2.37. The van der Waals surface area contributed by atoms with Crippen molar-refractivity contribution < 1.29 is 18.8 Å². The Kier molecular flexibility index (Phi) is 5.10. The largest absolute Gasteiger partial charge is 0.495 e. The number of benzene rings is 2. The van der Waals surface area contributed by atoms with Crippen molar-refractivity contribution in [2.75, 3.05) is 20.3 Å². The molecule has 6 heteroatoms. The maximum atomic E-state index is 12.5. The molecule has 2 aromatic carbocycles. The van der Waals surface area contributed by atoms with Gasteiger partial charge in [-0.05, 0) is 50.0 Å². The van der Waals surface area contributed by atoms with E-state index in [9.17, 15) is 4.79 Å². The Morgan fingerprint density at radius 1 is 1.04 bits per heavy atom. The van der Waals surface area contributed by atoms with Gasteiger partial charge in [-0.25, -0.2) is 0 Å². The molecule has 1 saturated heterocycles. The number of fused-ring (bicyclic) bond motifs is 1. The number of nitrogens with one attached hydrogen (secondary N) is 1. The van der Waals surface area contributed by atoms with Gasteiger partial charge in [-0.3, -0.25) is 4.79 Å². The Bertz CT molecular complexity index is 803. The van der Waals surface area contributed by atoms with Gasteiger partial charge in [0.25, 0.3) is 5.91 Å². The number of ether oxygens (including phenoxy) is 1. The highest BCUT2D eigenvalue weighted by Gasteiger charge is 2.52. The van der Waals surface area contributed by atoms with Crippen LogP contribution >= 0.6 is 0 Å². The van der Waals surface area contributed by atoms with E-state index in [1.54, 1.807) is 7.11 Å². The highest BCUT2D eigenvalue weighted by molar-refractivity contribution is 6.65. The van der Waals surface area contributed by atoms with Gasteiger partial charge >= 0.3 is 7.12 Å². The van der Waals surface area contributed by atoms with E-state index < -0.39 is 18.3 Å². The fraction of sp³-hybridized carbons (Fsp3) is 0.450. The van der Waals surface area contributed by atoms with Gasteiger partial charge in [0, 0.05) is 19.2 Å². The molecule has 1 aliphatic rings. The van der Waals surface area contributed by atoms with E-state index in [1.165, 1.54) is 0 Å². The Morgan fingerprint density at radius 2 is 1.65 bits per heavy atom. The SMILES string of the molecule is COCCNC(=O)c1cccc2c(B3OC(C)(C)C(C)(C)O3)cccc12. The predicted octanol–water partition coefficient (Wildman–Crippen LogP) is 2.52. The van der Waals surface area contributed by atoms with Crippen LogP contribution in [0.15, 0.2) is 36.4 Å². The Balaban J connectivity index is 1.97. The summed E-state index contributed by atoms with van der Waals surface area (Å²) in [5.41, 5.74) is 0.758. The molecule has 0 bridgehead atoms. The smallest absolute Gasteiger partial charge is 0.399 e. The Hall–Kier alpha value is -1.89. The molecular formula is C20H26BNO4. The van der Waals surface area contributed by atoms with Crippen molar-refractivity contribution in [3.8, 4) is 0 Å². The molecule has 0 aliphatic carbocycles. The zero-order valence-electron chi connectivity index (χ0n) is 16.1. The molecule has 3 rings (SSSR count). The molecule has 0 atom stereocenters. The van der Waals surface area contributed by atoms with Crippen molar-refractivity contribution in [3.63, 3.8) is 0 Å². The molecule has 0 saturated carbocycles. The van der Waals surface area contributed by atoms with E-state index in [0.717, 1.165) is 16.2 Å². The fourth-order valence-corrected chi connectivity index (χ4v) is 3.07. The molecule has 1 fully saturated rings. The standard InChI is InChI=1S/C20H26BNO4/c1-19(2)20(3,4)26-21(25-19)17-11-7-8-14-15(17)9-6-10-16(14)18(23)22-12-13-24-5/h6-11H,12-13H2,1-5H3,(H,22,23). The van der Waals surface area contributed by atoms with Gasteiger partial charge in [-0.2, -0.15) is 0 Å². The molecular weight excluding hydrogens is 329 g/mol. The molecule has 0 unspecified atom stereocenters. The summed E-state index contributed by atoms with van der Waals surface area (Å²) < 4.78 is 17.4. The lowest BCUT2D eigenvalue weighted by Crippen LogP contribution is -2.41. The van der Waals surface area contributed by atoms with E-state index in [0.29, 0.717) is 18.7 Å². The van der Waals surface area contributed by atoms with Crippen molar-refractivity contribution in [2.24, 2.45) is 0 Å². The summed E-state index contributed by atoms with van der Waals surface area (Å²) >= 11 is 0. The first kappa shape index (κ1) is 18.9. The molecule has 0 spiro atoms. The molecule has 1 N–H and O–H groups in total. The summed E-state index contributed by atoms with van der Waals surface area (Å²) in [5, 5.41) is 4.73. The minimum atomic E-state index is -0.462. The first-order valence-corrected chi connectivity index (χ1v) is 8.91. The van der Waals surface area contributed by atoms with Crippen LogP contribution in [0.25, 0.3) is 10.8 Å². The lowest BCUT2D eigenvalue weighted by molar-refractivity contribution is 0.00578. The summed E-state index contributed by atoms with van der Waals surface area (Å²) in [5.74, 6) is -0.112. The molecule has 1 heterocycles. The van der Waals surface area contributed by atoms with Gasteiger partial charge in [0.15, 0.2) is 0 Å². The third kappa shape index (κ3) is 3.37. The average Bonchev–Trinajstić information content (AvgIpc) is 2.81. The molecule has 5 nitrogen and oxygen atoms in total. The zero-order valence-corrected chi connectivity index (χ0v) is 16.1. The molecule has 0 radical (unpaired) electrons. The maximum Gasteiger partial charge on any atom is 0.495 e. The molecule has 26 heavy (non-hydrogen) atoms. The second-order valence-corrected chi connectivity index (χ2v) is 7.58. The molecule has 2 aromatic rings. The number of carbonyl (C=O) groups is 1. The Labute approximate surface area is 155 Å². The van der Waals surface area contributed by atoms with Crippen molar-refractivity contribution in [2.45, 2.75) is 38.9 Å². The first-order valence-electron chi connectivity index (χ1n) is 8.91. The topological polar surface area (TPSA) is 56.8 Å². The van der Waals surface area contributed by atoms with Crippen LogP contribution in [0.4, 0.5) is 0 Å². The van der Waals surface area contributed by atoms with Crippen LogP contribution in [0.1, 0.15) is 38.1 Å². The minimum Gasteiger partial charge on any atom is -0.399 e. The van der Waals surface area contributed by atoms with Crippen LogP contribution in [0.5, 0.6) is 0 Å². The van der Waals surface area contributed by atoms with E-state index in [1.807, 2.05) is 64.1 Å². The summed E-state index contributed by atoms with van der Waals surface area (Å²) in [6, 6.07) is 11.6. The normalized spacial score (nSPS) is 18.3. The van der Waals surface area contributed by atoms with Gasteiger partial charge in [0.1, 0.15) is 0 Å². The van der Waals surface area contributed by atoms with E-state index >= 15 is 0 Å². The lowest BCUT2D eigenvalue weighted by Gasteiger charge is -2.32. The van der Waals surface area contributed by atoms with E-state index in [4.69, 9.17) is 14.0 Å². The predicted molar refractivity (Wildman–Crippen MR) is 104 cm³/mol. The van der Waals surface area contributed by atoms with Gasteiger partial charge < -0.3 is 19.4 Å². The van der Waals surface area contributed by atoms with Crippen molar-refractivity contribution in [1.29, 1.82) is 0 Å². The fourth-order valence-electron chi connectivity index (χ4n) is 3.07. The Morgan fingerprint density at radius 3 is 2.31 bits per heavy atom. The molecule has 0 aromatic heterocycles. The van der Waals surface area contributed by atoms with Crippen LogP contribution < -0.4 is 10.8 Å². The van der Waals surface area contributed by atoms with E-state index in [-0.39, 0.29) is 5.91 Å². The van der Waals surface area contributed by atoms with Crippen LogP contribution in [0.3, 0.4) is 0 Å².